The van der Waals surface area contributed by atoms with Gasteiger partial charge in [-0.25, -0.2) is 8.42 Å². The van der Waals surface area contributed by atoms with E-state index in [1.54, 1.807) is 13.8 Å². The van der Waals surface area contributed by atoms with Crippen molar-refractivity contribution in [1.82, 2.24) is 14.8 Å². The second kappa shape index (κ2) is 7.66. The molecule has 1 aromatic heterocycles. The molecule has 8 nitrogen and oxygen atoms in total. The number of hydrogen-bond donors (Lipinski definition) is 2. The van der Waals surface area contributed by atoms with Crippen molar-refractivity contribution >= 4 is 15.9 Å². The second-order valence-corrected chi connectivity index (χ2v) is 9.47. The molecule has 0 aliphatic carbocycles. The number of hydrogen-bond acceptors (Lipinski definition) is 6. The maximum absolute atomic E-state index is 12.8. The van der Waals surface area contributed by atoms with Gasteiger partial charge >= 0.3 is 0 Å². The van der Waals surface area contributed by atoms with E-state index in [1.807, 2.05) is 20.8 Å². The number of amides is 1. The first kappa shape index (κ1) is 20.9. The topological polar surface area (TPSA) is 119 Å². The van der Waals surface area contributed by atoms with Crippen LogP contribution < -0.4 is 11.1 Å². The number of aromatic nitrogens is 1. The van der Waals surface area contributed by atoms with Gasteiger partial charge in [0, 0.05) is 25.6 Å². The number of rotatable bonds is 6. The average Bonchev–Trinajstić information content (AvgIpc) is 2.93. The quantitative estimate of drug-likeness (QED) is 0.758. The summed E-state index contributed by atoms with van der Waals surface area (Å²) in [5.74, 6) is 0.228. The van der Waals surface area contributed by atoms with E-state index >= 15 is 0 Å². The number of piperidine rings is 1. The van der Waals surface area contributed by atoms with Gasteiger partial charge in [-0.05, 0) is 39.5 Å². The van der Waals surface area contributed by atoms with Gasteiger partial charge in [0.05, 0.1) is 5.54 Å². The Labute approximate surface area is 155 Å². The lowest BCUT2D eigenvalue weighted by Crippen LogP contribution is -2.57. The highest BCUT2D eigenvalue weighted by Crippen LogP contribution is 2.28. The molecular weight excluding hydrogens is 356 g/mol. The number of nitrogens with zero attached hydrogens (tertiary/aromatic N) is 2. The molecule has 1 unspecified atom stereocenters. The SMILES string of the molecule is Cc1noc(C)c1S(=O)(=O)N1CCC(C(=O)NC(C)(CN)C(C)C)CC1. The predicted octanol–water partition coefficient (Wildman–Crippen LogP) is 1.18. The van der Waals surface area contributed by atoms with E-state index in [-0.39, 0.29) is 28.4 Å². The van der Waals surface area contributed by atoms with E-state index < -0.39 is 15.6 Å². The van der Waals surface area contributed by atoms with Crippen LogP contribution in [0.3, 0.4) is 0 Å². The maximum atomic E-state index is 12.8. The first-order chi connectivity index (χ1) is 12.0. The average molecular weight is 387 g/mol. The summed E-state index contributed by atoms with van der Waals surface area (Å²) in [7, 11) is -3.66. The molecule has 0 aromatic carbocycles. The Morgan fingerprint density at radius 2 is 1.96 bits per heavy atom. The molecule has 9 heteroatoms. The van der Waals surface area contributed by atoms with Gasteiger partial charge in [0.1, 0.15) is 10.6 Å². The Bertz CT molecular complexity index is 731. The summed E-state index contributed by atoms with van der Waals surface area (Å²) in [4.78, 5) is 12.7. The van der Waals surface area contributed by atoms with Gasteiger partial charge in [-0.3, -0.25) is 4.79 Å². The lowest BCUT2D eigenvalue weighted by Gasteiger charge is -2.37. The molecule has 0 bridgehead atoms. The van der Waals surface area contributed by atoms with Crippen molar-refractivity contribution in [3.63, 3.8) is 0 Å². The molecule has 1 aliphatic heterocycles. The normalized spacial score (nSPS) is 19.5. The first-order valence-corrected chi connectivity index (χ1v) is 10.4. The molecule has 0 saturated carbocycles. The van der Waals surface area contributed by atoms with Crippen molar-refractivity contribution in [3.8, 4) is 0 Å². The lowest BCUT2D eigenvalue weighted by molar-refractivity contribution is -0.128. The molecule has 1 aliphatic rings. The minimum atomic E-state index is -3.66. The number of carbonyl (C=O) groups is 1. The molecule has 2 rings (SSSR count). The van der Waals surface area contributed by atoms with Gasteiger partial charge < -0.3 is 15.6 Å². The van der Waals surface area contributed by atoms with E-state index in [0.717, 1.165) is 0 Å². The van der Waals surface area contributed by atoms with Crippen molar-refractivity contribution in [2.45, 2.75) is 57.9 Å². The highest BCUT2D eigenvalue weighted by molar-refractivity contribution is 7.89. The summed E-state index contributed by atoms with van der Waals surface area (Å²) in [5, 5.41) is 6.78. The molecule has 1 aromatic rings. The van der Waals surface area contributed by atoms with Crippen LogP contribution in [0.15, 0.2) is 9.42 Å². The van der Waals surface area contributed by atoms with Crippen LogP contribution in [-0.2, 0) is 14.8 Å². The summed E-state index contributed by atoms with van der Waals surface area (Å²) < 4.78 is 32.1. The fraction of sp³-hybridized carbons (Fsp3) is 0.765. The van der Waals surface area contributed by atoms with Crippen LogP contribution in [0, 0.1) is 25.7 Å². The standard InChI is InChI=1S/C17H30N4O4S/c1-11(2)17(5,10-18)19-16(22)14-6-8-21(9-7-14)26(23,24)15-12(3)20-25-13(15)4/h11,14H,6-10,18H2,1-5H3,(H,19,22). The fourth-order valence-electron chi connectivity index (χ4n) is 3.14. The van der Waals surface area contributed by atoms with Gasteiger partial charge in [0.15, 0.2) is 5.76 Å². The van der Waals surface area contributed by atoms with Gasteiger partial charge in [0.25, 0.3) is 0 Å². The van der Waals surface area contributed by atoms with E-state index in [0.29, 0.717) is 38.2 Å². The summed E-state index contributed by atoms with van der Waals surface area (Å²) in [5.41, 5.74) is 5.73. The van der Waals surface area contributed by atoms with E-state index in [4.69, 9.17) is 10.3 Å². The van der Waals surface area contributed by atoms with Crippen molar-refractivity contribution < 1.29 is 17.7 Å². The molecule has 0 spiro atoms. The zero-order valence-electron chi connectivity index (χ0n) is 16.2. The van der Waals surface area contributed by atoms with Crippen LogP contribution in [0.1, 0.15) is 45.1 Å². The molecule has 2 heterocycles. The van der Waals surface area contributed by atoms with Crippen LogP contribution in [-0.4, -0.2) is 49.0 Å². The zero-order chi connectivity index (χ0) is 19.7. The van der Waals surface area contributed by atoms with Crippen LogP contribution in [0.4, 0.5) is 0 Å². The highest BCUT2D eigenvalue weighted by Gasteiger charge is 2.37. The first-order valence-electron chi connectivity index (χ1n) is 8.98. The number of sulfonamides is 1. The predicted molar refractivity (Wildman–Crippen MR) is 97.9 cm³/mol. The maximum Gasteiger partial charge on any atom is 0.248 e. The molecular formula is C17H30N4O4S. The van der Waals surface area contributed by atoms with Crippen LogP contribution in [0.25, 0.3) is 0 Å². The Hall–Kier alpha value is -1.45. The monoisotopic (exact) mass is 386 g/mol. The molecule has 148 valence electrons. The minimum absolute atomic E-state index is 0.0546. The molecule has 3 N–H and O–H groups in total. The summed E-state index contributed by atoms with van der Waals surface area (Å²) >= 11 is 0. The van der Waals surface area contributed by atoms with Crippen molar-refractivity contribution in [1.29, 1.82) is 0 Å². The smallest absolute Gasteiger partial charge is 0.248 e. The number of nitrogens with one attached hydrogen (secondary N) is 1. The van der Waals surface area contributed by atoms with Gasteiger partial charge in [-0.1, -0.05) is 19.0 Å². The van der Waals surface area contributed by atoms with Crippen LogP contribution in [0.2, 0.25) is 0 Å². The Kier molecular flexibility index (Phi) is 6.14. The van der Waals surface area contributed by atoms with Crippen LogP contribution in [0.5, 0.6) is 0 Å². The van der Waals surface area contributed by atoms with Crippen molar-refractivity contribution in [2.75, 3.05) is 19.6 Å². The van der Waals surface area contributed by atoms with E-state index in [1.165, 1.54) is 4.31 Å². The van der Waals surface area contributed by atoms with Gasteiger partial charge in [0.2, 0.25) is 15.9 Å². The van der Waals surface area contributed by atoms with Crippen molar-refractivity contribution in [3.05, 3.63) is 11.5 Å². The molecule has 0 radical (unpaired) electrons. The Morgan fingerprint density at radius 1 is 1.38 bits per heavy atom. The van der Waals surface area contributed by atoms with E-state index in [9.17, 15) is 13.2 Å². The molecule has 1 atom stereocenters. The third-order valence-electron chi connectivity index (χ3n) is 5.50. The van der Waals surface area contributed by atoms with E-state index in [2.05, 4.69) is 10.5 Å². The lowest BCUT2D eigenvalue weighted by atomic mass is 9.87. The highest BCUT2D eigenvalue weighted by atomic mass is 32.2. The summed E-state index contributed by atoms with van der Waals surface area (Å²) in [6.45, 7) is 10.1. The molecule has 1 saturated heterocycles. The third-order valence-corrected chi connectivity index (χ3v) is 7.64. The van der Waals surface area contributed by atoms with Crippen LogP contribution >= 0.6 is 0 Å². The van der Waals surface area contributed by atoms with Gasteiger partial charge in [-0.15, -0.1) is 0 Å². The molecule has 1 amide bonds. The van der Waals surface area contributed by atoms with Crippen molar-refractivity contribution in [2.24, 2.45) is 17.6 Å². The largest absolute Gasteiger partial charge is 0.360 e. The Morgan fingerprint density at radius 3 is 2.38 bits per heavy atom. The summed E-state index contributed by atoms with van der Waals surface area (Å²) in [6.07, 6.45) is 0.959. The Balaban J connectivity index is 2.04. The fourth-order valence-corrected chi connectivity index (χ4v) is 4.91. The minimum Gasteiger partial charge on any atom is -0.360 e. The van der Waals surface area contributed by atoms with Gasteiger partial charge in [-0.2, -0.15) is 4.31 Å². The molecule has 1 fully saturated rings. The molecule has 26 heavy (non-hydrogen) atoms. The zero-order valence-corrected chi connectivity index (χ0v) is 17.0. The number of nitrogens with two attached hydrogens (primary N) is 1. The summed E-state index contributed by atoms with van der Waals surface area (Å²) in [6, 6.07) is 0. The number of carbonyl (C=O) groups excluding carboxylic acids is 1. The third kappa shape index (κ3) is 3.94. The second-order valence-electron chi connectivity index (χ2n) is 7.60. The number of aryl methyl sites for hydroxylation is 2.